The van der Waals surface area contributed by atoms with Crippen molar-refractivity contribution < 1.29 is 14.3 Å². The van der Waals surface area contributed by atoms with Crippen LogP contribution in [0.1, 0.15) is 10.5 Å². The van der Waals surface area contributed by atoms with Crippen LogP contribution >= 0.6 is 11.6 Å². The first kappa shape index (κ1) is 16.7. The average molecular weight is 360 g/mol. The lowest BCUT2D eigenvalue weighted by atomic mass is 10.0. The summed E-state index contributed by atoms with van der Waals surface area (Å²) in [5.41, 5.74) is 7.33. The largest absolute Gasteiger partial charge is 0.494 e. The van der Waals surface area contributed by atoms with Crippen LogP contribution in [0.25, 0.3) is 16.8 Å². The van der Waals surface area contributed by atoms with Crippen molar-refractivity contribution in [3.63, 3.8) is 0 Å². The summed E-state index contributed by atoms with van der Waals surface area (Å²) in [7, 11) is 3.06. The number of carbonyl (C=O) groups is 1. The minimum Gasteiger partial charge on any atom is -0.494 e. The number of pyridine rings is 1. The second-order valence-corrected chi connectivity index (χ2v) is 5.44. The number of nitrogens with zero attached hydrogens (tertiary/aromatic N) is 4. The van der Waals surface area contributed by atoms with Gasteiger partial charge in [-0.2, -0.15) is 0 Å². The fourth-order valence-electron chi connectivity index (χ4n) is 2.33. The van der Waals surface area contributed by atoms with Gasteiger partial charge in [0.05, 0.1) is 32.3 Å². The maximum absolute atomic E-state index is 11.3. The minimum atomic E-state index is -0.662. The van der Waals surface area contributed by atoms with E-state index in [1.807, 2.05) is 0 Å². The summed E-state index contributed by atoms with van der Waals surface area (Å²) in [4.78, 5) is 15.4. The normalized spacial score (nSPS) is 10.5. The smallest absolute Gasteiger partial charge is 0.270 e. The highest BCUT2D eigenvalue weighted by Crippen LogP contribution is 2.37. The van der Waals surface area contributed by atoms with Crippen molar-refractivity contribution in [3.05, 3.63) is 47.4 Å². The van der Waals surface area contributed by atoms with Crippen LogP contribution in [0.15, 0.2) is 36.7 Å². The minimum absolute atomic E-state index is 0.0557. The summed E-state index contributed by atoms with van der Waals surface area (Å²) < 4.78 is 12.0. The van der Waals surface area contributed by atoms with Gasteiger partial charge < -0.3 is 15.2 Å². The van der Waals surface area contributed by atoms with Gasteiger partial charge in [0, 0.05) is 22.2 Å². The number of hydrogen-bond donors (Lipinski definition) is 1. The zero-order chi connectivity index (χ0) is 18.0. The van der Waals surface area contributed by atoms with Gasteiger partial charge in [0.15, 0.2) is 5.69 Å². The Morgan fingerprint density at radius 2 is 2.00 bits per heavy atom. The van der Waals surface area contributed by atoms with Crippen LogP contribution in [-0.2, 0) is 0 Å². The fourth-order valence-corrected chi connectivity index (χ4v) is 2.50. The Morgan fingerprint density at radius 3 is 2.64 bits per heavy atom. The van der Waals surface area contributed by atoms with Gasteiger partial charge in [-0.15, -0.1) is 5.10 Å². The van der Waals surface area contributed by atoms with Crippen LogP contribution in [-0.4, -0.2) is 40.1 Å². The molecule has 0 spiro atoms. The predicted octanol–water partition coefficient (Wildman–Crippen LogP) is 2.10. The molecule has 1 amide bonds. The van der Waals surface area contributed by atoms with Crippen molar-refractivity contribution in [2.75, 3.05) is 14.2 Å². The molecule has 128 valence electrons. The summed E-state index contributed by atoms with van der Waals surface area (Å²) in [6.45, 7) is 0. The summed E-state index contributed by atoms with van der Waals surface area (Å²) in [6, 6.07) is 6.93. The Kier molecular flexibility index (Phi) is 4.53. The van der Waals surface area contributed by atoms with Crippen molar-refractivity contribution in [1.82, 2.24) is 20.0 Å². The molecule has 8 nitrogen and oxygen atoms in total. The number of halogens is 1. The number of primary amides is 1. The molecule has 0 bridgehead atoms. The summed E-state index contributed by atoms with van der Waals surface area (Å²) >= 11 is 6.17. The van der Waals surface area contributed by atoms with Crippen molar-refractivity contribution in [3.8, 4) is 28.4 Å². The van der Waals surface area contributed by atoms with Gasteiger partial charge in [-0.25, -0.2) is 9.67 Å². The molecule has 3 rings (SSSR count). The highest BCUT2D eigenvalue weighted by Gasteiger charge is 2.16. The molecule has 9 heteroatoms. The van der Waals surface area contributed by atoms with Gasteiger partial charge in [-0.1, -0.05) is 16.8 Å². The van der Waals surface area contributed by atoms with Gasteiger partial charge in [0.25, 0.3) is 5.91 Å². The number of methoxy groups -OCH3 is 2. The Balaban J connectivity index is 2.22. The van der Waals surface area contributed by atoms with E-state index in [9.17, 15) is 4.79 Å². The molecule has 0 aliphatic rings. The zero-order valence-electron chi connectivity index (χ0n) is 13.4. The van der Waals surface area contributed by atoms with Crippen molar-refractivity contribution in [1.29, 1.82) is 0 Å². The first-order valence-corrected chi connectivity index (χ1v) is 7.51. The summed E-state index contributed by atoms with van der Waals surface area (Å²) in [5.74, 6) is 0.280. The number of carbonyl (C=O) groups excluding carboxylic acids is 1. The standard InChI is InChI=1S/C16H14ClN5O3/c1-24-14-7-19-15(25-2)6-11(14)10-5-9(17)3-4-13(10)22-8-12(16(18)23)20-21-22/h3-8H,1-2H3,(H2,18,23). The maximum Gasteiger partial charge on any atom is 0.270 e. The van der Waals surface area contributed by atoms with Crippen LogP contribution < -0.4 is 15.2 Å². The van der Waals surface area contributed by atoms with E-state index < -0.39 is 5.91 Å². The van der Waals surface area contributed by atoms with Crippen LogP contribution in [0, 0.1) is 0 Å². The van der Waals surface area contributed by atoms with E-state index in [4.69, 9.17) is 26.8 Å². The molecule has 0 aliphatic carbocycles. The van der Waals surface area contributed by atoms with Crippen LogP contribution in [0.5, 0.6) is 11.6 Å². The highest BCUT2D eigenvalue weighted by molar-refractivity contribution is 6.31. The number of rotatable bonds is 5. The monoisotopic (exact) mass is 359 g/mol. The number of ether oxygens (including phenoxy) is 2. The lowest BCUT2D eigenvalue weighted by Crippen LogP contribution is -2.11. The molecule has 2 aromatic heterocycles. The third-order valence-corrected chi connectivity index (χ3v) is 3.75. The van der Waals surface area contributed by atoms with Gasteiger partial charge in [-0.3, -0.25) is 4.79 Å². The average Bonchev–Trinajstić information content (AvgIpc) is 3.11. The SMILES string of the molecule is COc1cc(-c2cc(Cl)ccc2-n2cc(C(N)=O)nn2)c(OC)cn1. The highest BCUT2D eigenvalue weighted by atomic mass is 35.5. The number of benzene rings is 1. The molecular weight excluding hydrogens is 346 g/mol. The van der Waals surface area contributed by atoms with Crippen molar-refractivity contribution in [2.24, 2.45) is 5.73 Å². The third-order valence-electron chi connectivity index (χ3n) is 3.51. The molecule has 0 saturated carbocycles. The van der Waals surface area contributed by atoms with Gasteiger partial charge >= 0.3 is 0 Å². The van der Waals surface area contributed by atoms with E-state index in [0.29, 0.717) is 33.5 Å². The molecule has 1 aromatic carbocycles. The van der Waals surface area contributed by atoms with E-state index in [1.54, 1.807) is 30.5 Å². The van der Waals surface area contributed by atoms with Crippen LogP contribution in [0.3, 0.4) is 0 Å². The summed E-state index contributed by atoms with van der Waals surface area (Å²) in [5, 5.41) is 8.24. The molecular formula is C16H14ClN5O3. The van der Waals surface area contributed by atoms with Gasteiger partial charge in [0.2, 0.25) is 5.88 Å². The number of aromatic nitrogens is 4. The van der Waals surface area contributed by atoms with Crippen LogP contribution in [0.2, 0.25) is 5.02 Å². The lowest BCUT2D eigenvalue weighted by Gasteiger charge is -2.14. The Morgan fingerprint density at radius 1 is 1.20 bits per heavy atom. The van der Waals surface area contributed by atoms with E-state index in [2.05, 4.69) is 15.3 Å². The van der Waals surface area contributed by atoms with Gasteiger partial charge in [-0.05, 0) is 18.2 Å². The van der Waals surface area contributed by atoms with Crippen LogP contribution in [0.4, 0.5) is 0 Å². The first-order valence-electron chi connectivity index (χ1n) is 7.14. The van der Waals surface area contributed by atoms with Crippen molar-refractivity contribution >= 4 is 17.5 Å². The topological polar surface area (TPSA) is 105 Å². The molecule has 0 radical (unpaired) electrons. The van der Waals surface area contributed by atoms with E-state index >= 15 is 0 Å². The molecule has 3 aromatic rings. The fraction of sp³-hybridized carbons (Fsp3) is 0.125. The Labute approximate surface area is 148 Å². The molecule has 0 aliphatic heterocycles. The molecule has 0 atom stereocenters. The van der Waals surface area contributed by atoms with E-state index in [-0.39, 0.29) is 5.69 Å². The lowest BCUT2D eigenvalue weighted by molar-refractivity contribution is 0.0995. The predicted molar refractivity (Wildman–Crippen MR) is 91.2 cm³/mol. The zero-order valence-corrected chi connectivity index (χ0v) is 14.2. The maximum atomic E-state index is 11.3. The third kappa shape index (κ3) is 3.24. The van der Waals surface area contributed by atoms with Crippen molar-refractivity contribution in [2.45, 2.75) is 0 Å². The quantitative estimate of drug-likeness (QED) is 0.747. The molecule has 0 unspecified atom stereocenters. The Hall–Kier alpha value is -3.13. The Bertz CT molecular complexity index is 941. The van der Waals surface area contributed by atoms with E-state index in [1.165, 1.54) is 25.1 Å². The molecule has 0 fully saturated rings. The number of hydrogen-bond acceptors (Lipinski definition) is 6. The molecule has 25 heavy (non-hydrogen) atoms. The van der Waals surface area contributed by atoms with Gasteiger partial charge in [0.1, 0.15) is 5.75 Å². The molecule has 0 saturated heterocycles. The molecule has 2 N–H and O–H groups in total. The second-order valence-electron chi connectivity index (χ2n) is 5.00. The summed E-state index contributed by atoms with van der Waals surface area (Å²) in [6.07, 6.45) is 3.00. The first-order chi connectivity index (χ1) is 12.0. The van der Waals surface area contributed by atoms with E-state index in [0.717, 1.165) is 0 Å². The second kappa shape index (κ2) is 6.78. The molecule has 2 heterocycles. The number of nitrogens with two attached hydrogens (primary N) is 1. The number of amides is 1.